The average Bonchev–Trinajstić information content (AvgIpc) is 3.64. The Morgan fingerprint density at radius 1 is 1.00 bits per heavy atom. The molecule has 0 aliphatic carbocycles. The van der Waals surface area contributed by atoms with Gasteiger partial charge in [-0.2, -0.15) is 0 Å². The van der Waals surface area contributed by atoms with Crippen molar-refractivity contribution in [3.05, 3.63) is 42.5 Å². The van der Waals surface area contributed by atoms with Crippen molar-refractivity contribution in [2.45, 2.75) is 77.5 Å². The number of hydrogen-bond donors (Lipinski definition) is 2. The van der Waals surface area contributed by atoms with E-state index in [1.54, 1.807) is 6.07 Å². The summed E-state index contributed by atoms with van der Waals surface area (Å²) in [6.07, 6.45) is 1.22. The van der Waals surface area contributed by atoms with E-state index in [0.717, 1.165) is 10.4 Å². The Morgan fingerprint density at radius 2 is 1.71 bits per heavy atom. The molecule has 3 heterocycles. The van der Waals surface area contributed by atoms with E-state index in [9.17, 15) is 24.0 Å². The highest BCUT2D eigenvalue weighted by Crippen LogP contribution is 2.34. The zero-order valence-corrected chi connectivity index (χ0v) is 24.7. The summed E-state index contributed by atoms with van der Waals surface area (Å²) in [7, 11) is 0. The zero-order chi connectivity index (χ0) is 29.7. The van der Waals surface area contributed by atoms with Crippen LogP contribution >= 0.6 is 11.3 Å². The quantitative estimate of drug-likeness (QED) is 0.441. The van der Waals surface area contributed by atoms with Gasteiger partial charge in [0.15, 0.2) is 10.8 Å². The number of nitrogens with zero attached hydrogens (tertiary/aromatic N) is 2. The highest BCUT2D eigenvalue weighted by Gasteiger charge is 2.53. The van der Waals surface area contributed by atoms with E-state index in [1.807, 2.05) is 57.2 Å². The van der Waals surface area contributed by atoms with Crippen molar-refractivity contribution in [3.63, 3.8) is 0 Å². The Bertz CT molecular complexity index is 1280. The van der Waals surface area contributed by atoms with E-state index < -0.39 is 30.3 Å². The van der Waals surface area contributed by atoms with Crippen LogP contribution in [0.1, 0.15) is 53.4 Å². The lowest BCUT2D eigenvalue weighted by Gasteiger charge is -2.29. The molecule has 1 aromatic heterocycles. The van der Waals surface area contributed by atoms with Crippen molar-refractivity contribution in [2.75, 3.05) is 13.1 Å². The molecule has 0 bridgehead atoms. The van der Waals surface area contributed by atoms with Crippen molar-refractivity contribution in [3.8, 4) is 15.5 Å². The highest BCUT2D eigenvalue weighted by atomic mass is 32.1. The third-order valence-corrected chi connectivity index (χ3v) is 8.38. The van der Waals surface area contributed by atoms with Gasteiger partial charge in [-0.1, -0.05) is 68.9 Å². The maximum absolute atomic E-state index is 13.8. The van der Waals surface area contributed by atoms with Gasteiger partial charge in [-0.3, -0.25) is 19.2 Å². The topological polar surface area (TPSA) is 125 Å². The lowest BCUT2D eigenvalue weighted by atomic mass is 10.0. The van der Waals surface area contributed by atoms with Crippen LogP contribution in [-0.4, -0.2) is 76.7 Å². The van der Waals surface area contributed by atoms with Gasteiger partial charge >= 0.3 is 6.09 Å². The fourth-order valence-corrected chi connectivity index (χ4v) is 6.50. The molecule has 2 aliphatic rings. The van der Waals surface area contributed by atoms with Gasteiger partial charge in [0.1, 0.15) is 18.1 Å². The largest absolute Gasteiger partial charge is 0.414 e. The molecule has 10 nitrogen and oxygen atoms in total. The molecule has 0 saturated carbocycles. The predicted molar refractivity (Wildman–Crippen MR) is 155 cm³/mol. The number of amides is 4. The molecule has 4 rings (SSSR count). The second kappa shape index (κ2) is 13.3. The summed E-state index contributed by atoms with van der Waals surface area (Å²) in [6, 6.07) is 10.5. The van der Waals surface area contributed by atoms with Crippen LogP contribution in [0.3, 0.4) is 0 Å². The Labute approximate surface area is 244 Å². The molecule has 0 spiro atoms. The van der Waals surface area contributed by atoms with Crippen LogP contribution in [0, 0.1) is 5.92 Å². The lowest BCUT2D eigenvalue weighted by molar-refractivity contribution is -0.138. The van der Waals surface area contributed by atoms with Crippen molar-refractivity contribution in [1.82, 2.24) is 20.4 Å². The zero-order valence-electron chi connectivity index (χ0n) is 23.9. The first-order valence-corrected chi connectivity index (χ1v) is 14.9. The van der Waals surface area contributed by atoms with Gasteiger partial charge in [-0.25, -0.2) is 4.79 Å². The molecule has 220 valence electrons. The number of ketones is 1. The van der Waals surface area contributed by atoms with Crippen LogP contribution in [0.2, 0.25) is 0 Å². The summed E-state index contributed by atoms with van der Waals surface area (Å²) < 4.78 is 5.52. The number of carbonyl (C=O) groups is 5. The number of ether oxygens (including phenoxy) is 1. The van der Waals surface area contributed by atoms with E-state index in [4.69, 9.17) is 4.74 Å². The van der Waals surface area contributed by atoms with Crippen LogP contribution in [0.25, 0.3) is 10.4 Å². The first-order chi connectivity index (χ1) is 19.6. The van der Waals surface area contributed by atoms with E-state index in [0.29, 0.717) is 37.3 Å². The van der Waals surface area contributed by atoms with Crippen molar-refractivity contribution < 1.29 is 28.7 Å². The summed E-state index contributed by atoms with van der Waals surface area (Å²) in [5, 5.41) is 5.82. The number of rotatable bonds is 10. The molecule has 2 aromatic rings. The molecule has 0 radical (unpaired) electrons. The number of carbonyl (C=O) groups excluding carboxylic acids is 5. The van der Waals surface area contributed by atoms with Gasteiger partial charge < -0.3 is 25.2 Å². The standard InChI is InChI=1S/C30H38N4O6S/c1-5-9-21(31-19(4)35)28(37)34-17-24(36)27-23(34)14-15-33(27)29(38)22(16-18(2)3)32-30(39)40-26-13-12-25(41-26)20-10-7-6-8-11-20/h6-8,10-13,18,21-23,27H,5,9,14-17H2,1-4H3,(H,31,35)(H,32,39). The summed E-state index contributed by atoms with van der Waals surface area (Å²) in [4.78, 5) is 68.7. The first kappa shape index (κ1) is 30.2. The smallest absolute Gasteiger partial charge is 0.399 e. The van der Waals surface area contributed by atoms with E-state index in [1.165, 1.54) is 28.1 Å². The second-order valence-corrected chi connectivity index (χ2v) is 12.1. The molecule has 4 amide bonds. The van der Waals surface area contributed by atoms with Gasteiger partial charge in [0.25, 0.3) is 0 Å². The SMILES string of the molecule is CCCC(NC(C)=O)C(=O)N1CC(=O)C2C1CCN2C(=O)C(CC(C)C)NC(=O)Oc1ccc(-c2ccccc2)s1. The molecule has 2 fully saturated rings. The number of likely N-dealkylation sites (tertiary alicyclic amines) is 2. The molecule has 2 saturated heterocycles. The van der Waals surface area contributed by atoms with Gasteiger partial charge in [-0.05, 0) is 42.9 Å². The molecule has 1 aromatic carbocycles. The molecular weight excluding hydrogens is 544 g/mol. The minimum Gasteiger partial charge on any atom is -0.399 e. The first-order valence-electron chi connectivity index (χ1n) is 14.1. The average molecular weight is 583 g/mol. The van der Waals surface area contributed by atoms with Crippen molar-refractivity contribution >= 4 is 40.9 Å². The molecule has 2 N–H and O–H groups in total. The maximum atomic E-state index is 13.8. The second-order valence-electron chi connectivity index (χ2n) is 11.0. The molecule has 11 heteroatoms. The Hall–Kier alpha value is -3.73. The Balaban J connectivity index is 1.44. The molecular formula is C30H38N4O6S. The molecule has 4 atom stereocenters. The van der Waals surface area contributed by atoms with Crippen LogP contribution in [0.15, 0.2) is 42.5 Å². The summed E-state index contributed by atoms with van der Waals surface area (Å²) >= 11 is 1.33. The Kier molecular flexibility index (Phi) is 9.80. The third kappa shape index (κ3) is 7.13. The number of thiophene rings is 1. The molecule has 2 aliphatic heterocycles. The molecule has 4 unspecified atom stereocenters. The monoisotopic (exact) mass is 582 g/mol. The minimum absolute atomic E-state index is 0.0823. The van der Waals surface area contributed by atoms with Gasteiger partial charge in [0, 0.05) is 18.3 Å². The Morgan fingerprint density at radius 3 is 2.37 bits per heavy atom. The highest BCUT2D eigenvalue weighted by molar-refractivity contribution is 7.17. The summed E-state index contributed by atoms with van der Waals surface area (Å²) in [6.45, 7) is 7.36. The van der Waals surface area contributed by atoms with Crippen LogP contribution in [0.5, 0.6) is 5.06 Å². The summed E-state index contributed by atoms with van der Waals surface area (Å²) in [5.74, 6) is -1.11. The number of benzene rings is 1. The minimum atomic E-state index is -0.889. The molecule has 41 heavy (non-hydrogen) atoms. The van der Waals surface area contributed by atoms with Crippen LogP contribution in [-0.2, 0) is 19.2 Å². The van der Waals surface area contributed by atoms with Crippen molar-refractivity contribution in [2.24, 2.45) is 5.92 Å². The lowest BCUT2D eigenvalue weighted by Crippen LogP contribution is -2.53. The number of Topliss-reactive ketones (excluding diaryl/α,β-unsaturated/α-hetero) is 1. The van der Waals surface area contributed by atoms with Crippen molar-refractivity contribution in [1.29, 1.82) is 0 Å². The van der Waals surface area contributed by atoms with Crippen LogP contribution in [0.4, 0.5) is 4.79 Å². The van der Waals surface area contributed by atoms with E-state index >= 15 is 0 Å². The summed E-state index contributed by atoms with van der Waals surface area (Å²) in [5.41, 5.74) is 1.01. The van der Waals surface area contributed by atoms with Gasteiger partial charge in [0.2, 0.25) is 17.7 Å². The van der Waals surface area contributed by atoms with E-state index in [-0.39, 0.29) is 36.0 Å². The number of nitrogens with one attached hydrogen (secondary N) is 2. The fourth-order valence-electron chi connectivity index (χ4n) is 5.64. The number of hydrogen-bond acceptors (Lipinski definition) is 7. The van der Waals surface area contributed by atoms with E-state index in [2.05, 4.69) is 10.6 Å². The predicted octanol–water partition coefficient (Wildman–Crippen LogP) is 3.60. The van der Waals surface area contributed by atoms with Gasteiger partial charge in [0.05, 0.1) is 12.6 Å². The number of fused-ring (bicyclic) bond motifs is 1. The normalized spacial score (nSPS) is 19.6. The van der Waals surface area contributed by atoms with Crippen LogP contribution < -0.4 is 15.4 Å². The fraction of sp³-hybridized carbons (Fsp3) is 0.500. The third-order valence-electron chi connectivity index (χ3n) is 7.37. The maximum Gasteiger partial charge on any atom is 0.414 e. The van der Waals surface area contributed by atoms with Gasteiger partial charge in [-0.15, -0.1) is 0 Å².